The van der Waals surface area contributed by atoms with Crippen LogP contribution in [0.4, 0.5) is 5.69 Å². The summed E-state index contributed by atoms with van der Waals surface area (Å²) in [5.41, 5.74) is 0.932. The van der Waals surface area contributed by atoms with E-state index in [0.717, 1.165) is 5.56 Å². The van der Waals surface area contributed by atoms with Crippen molar-refractivity contribution in [3.05, 3.63) is 38.3 Å². The number of ketones is 1. The smallest absolute Gasteiger partial charge is 0.270 e. The summed E-state index contributed by atoms with van der Waals surface area (Å²) in [5.74, 6) is 0.0583. The van der Waals surface area contributed by atoms with Crippen LogP contribution in [0.25, 0.3) is 0 Å². The van der Waals surface area contributed by atoms with Gasteiger partial charge in [-0.25, -0.2) is 0 Å². The zero-order valence-corrected chi connectivity index (χ0v) is 11.2. The molecule has 1 aromatic carbocycles. The molecule has 0 saturated carbocycles. The van der Waals surface area contributed by atoms with Crippen molar-refractivity contribution in [3.8, 4) is 0 Å². The number of non-ortho nitro benzene ring substituents is 1. The summed E-state index contributed by atoms with van der Waals surface area (Å²) in [6.45, 7) is 0.930. The van der Waals surface area contributed by atoms with E-state index in [1.807, 2.05) is 0 Å². The molecule has 0 radical (unpaired) electrons. The van der Waals surface area contributed by atoms with Crippen LogP contribution in [0.3, 0.4) is 0 Å². The first-order valence-corrected chi connectivity index (χ1v) is 6.40. The molecule has 6 heteroatoms. The first-order chi connectivity index (χ1) is 8.58. The normalized spacial score (nSPS) is 19.8. The first kappa shape index (κ1) is 13.2. The highest BCUT2D eigenvalue weighted by molar-refractivity contribution is 9.10. The van der Waals surface area contributed by atoms with Gasteiger partial charge in [0.2, 0.25) is 0 Å². The van der Waals surface area contributed by atoms with Crippen LogP contribution < -0.4 is 0 Å². The maximum atomic E-state index is 11.7. The quantitative estimate of drug-likeness (QED) is 0.635. The van der Waals surface area contributed by atoms with E-state index in [0.29, 0.717) is 30.5 Å². The zero-order valence-electron chi connectivity index (χ0n) is 9.60. The van der Waals surface area contributed by atoms with Gasteiger partial charge in [-0.1, -0.05) is 22.0 Å². The Morgan fingerprint density at radius 2 is 2.28 bits per heavy atom. The standard InChI is InChI=1S/C12H12BrNO4/c13-11-6-10(14(16)17)2-1-8(11)5-9-7-18-4-3-12(9)15/h1-2,6,9H,3-5,7H2. The van der Waals surface area contributed by atoms with E-state index in [1.54, 1.807) is 6.07 Å². The van der Waals surface area contributed by atoms with Gasteiger partial charge in [-0.3, -0.25) is 14.9 Å². The monoisotopic (exact) mass is 313 g/mol. The number of carbonyl (C=O) groups is 1. The molecular weight excluding hydrogens is 302 g/mol. The van der Waals surface area contributed by atoms with Crippen molar-refractivity contribution >= 4 is 27.4 Å². The van der Waals surface area contributed by atoms with Crippen LogP contribution in [0.1, 0.15) is 12.0 Å². The van der Waals surface area contributed by atoms with Crippen molar-refractivity contribution in [2.24, 2.45) is 5.92 Å². The van der Waals surface area contributed by atoms with Crippen molar-refractivity contribution in [3.63, 3.8) is 0 Å². The van der Waals surface area contributed by atoms with E-state index >= 15 is 0 Å². The van der Waals surface area contributed by atoms with E-state index in [4.69, 9.17) is 4.74 Å². The lowest BCUT2D eigenvalue weighted by molar-refractivity contribution is -0.384. The SMILES string of the molecule is O=C1CCOCC1Cc1ccc([N+](=O)[O-])cc1Br. The highest BCUT2D eigenvalue weighted by atomic mass is 79.9. The Morgan fingerprint density at radius 1 is 1.50 bits per heavy atom. The number of rotatable bonds is 3. The summed E-state index contributed by atoms with van der Waals surface area (Å²) in [5, 5.41) is 10.6. The number of nitro benzene ring substituents is 1. The summed E-state index contributed by atoms with van der Waals surface area (Å²) in [4.78, 5) is 21.9. The summed E-state index contributed by atoms with van der Waals surface area (Å²) >= 11 is 3.31. The number of nitro groups is 1. The second-order valence-corrected chi connectivity index (χ2v) is 5.08. The first-order valence-electron chi connectivity index (χ1n) is 5.61. The molecule has 0 amide bonds. The molecule has 1 atom stereocenters. The van der Waals surface area contributed by atoms with Gasteiger partial charge in [0.25, 0.3) is 5.69 Å². The number of carbonyl (C=O) groups excluding carboxylic acids is 1. The summed E-state index contributed by atoms with van der Waals surface area (Å²) in [7, 11) is 0. The molecule has 1 aliphatic rings. The third kappa shape index (κ3) is 2.94. The molecule has 2 rings (SSSR count). The van der Waals surface area contributed by atoms with Gasteiger partial charge in [-0.15, -0.1) is 0 Å². The van der Waals surface area contributed by atoms with Gasteiger partial charge in [0.15, 0.2) is 0 Å². The third-order valence-electron chi connectivity index (χ3n) is 2.98. The maximum absolute atomic E-state index is 11.7. The van der Waals surface area contributed by atoms with Gasteiger partial charge in [0.05, 0.1) is 18.1 Å². The number of hydrogen-bond acceptors (Lipinski definition) is 4. The molecule has 0 N–H and O–H groups in total. The van der Waals surface area contributed by atoms with Crippen LogP contribution in [-0.2, 0) is 16.0 Å². The Hall–Kier alpha value is -1.27. The van der Waals surface area contributed by atoms with Crippen LogP contribution >= 0.6 is 15.9 Å². The van der Waals surface area contributed by atoms with E-state index in [-0.39, 0.29) is 17.4 Å². The number of halogens is 1. The fraction of sp³-hybridized carbons (Fsp3) is 0.417. The van der Waals surface area contributed by atoms with Gasteiger partial charge < -0.3 is 4.74 Å². The molecule has 0 bridgehead atoms. The van der Waals surface area contributed by atoms with Crippen LogP contribution in [-0.4, -0.2) is 23.9 Å². The van der Waals surface area contributed by atoms with Crippen LogP contribution in [0.5, 0.6) is 0 Å². The Morgan fingerprint density at radius 3 is 2.89 bits per heavy atom. The van der Waals surface area contributed by atoms with Crippen molar-refractivity contribution in [1.29, 1.82) is 0 Å². The molecular formula is C12H12BrNO4. The highest BCUT2D eigenvalue weighted by Crippen LogP contribution is 2.26. The second-order valence-electron chi connectivity index (χ2n) is 4.23. The molecule has 0 aromatic heterocycles. The number of ether oxygens (including phenoxy) is 1. The van der Waals surface area contributed by atoms with E-state index in [9.17, 15) is 14.9 Å². The number of hydrogen-bond donors (Lipinski definition) is 0. The molecule has 1 heterocycles. The topological polar surface area (TPSA) is 69.4 Å². The third-order valence-corrected chi connectivity index (χ3v) is 3.72. The molecule has 1 aliphatic heterocycles. The van der Waals surface area contributed by atoms with Crippen molar-refractivity contribution < 1.29 is 14.5 Å². The lowest BCUT2D eigenvalue weighted by atomic mass is 9.93. The summed E-state index contributed by atoms with van der Waals surface area (Å²) in [6.07, 6.45) is 1.01. The summed E-state index contributed by atoms with van der Waals surface area (Å²) < 4.78 is 5.94. The Balaban J connectivity index is 2.14. The van der Waals surface area contributed by atoms with E-state index in [2.05, 4.69) is 15.9 Å². The predicted octanol–water partition coefficient (Wildman–Crippen LogP) is 2.51. The Labute approximate surface area is 112 Å². The second kappa shape index (κ2) is 5.58. The molecule has 96 valence electrons. The lowest BCUT2D eigenvalue weighted by Gasteiger charge is -2.21. The minimum absolute atomic E-state index is 0.0387. The molecule has 1 aromatic rings. The minimum atomic E-state index is -0.441. The van der Waals surface area contributed by atoms with Gasteiger partial charge >= 0.3 is 0 Å². The van der Waals surface area contributed by atoms with Crippen LogP contribution in [0, 0.1) is 16.0 Å². The van der Waals surface area contributed by atoms with Crippen molar-refractivity contribution in [1.82, 2.24) is 0 Å². The molecule has 1 fully saturated rings. The van der Waals surface area contributed by atoms with E-state index < -0.39 is 4.92 Å². The number of Topliss-reactive ketones (excluding diaryl/α,β-unsaturated/α-hetero) is 1. The molecule has 1 saturated heterocycles. The maximum Gasteiger partial charge on any atom is 0.270 e. The average molecular weight is 314 g/mol. The van der Waals surface area contributed by atoms with E-state index in [1.165, 1.54) is 12.1 Å². The Bertz CT molecular complexity index is 489. The average Bonchev–Trinajstić information content (AvgIpc) is 2.34. The van der Waals surface area contributed by atoms with Crippen molar-refractivity contribution in [2.45, 2.75) is 12.8 Å². The predicted molar refractivity (Wildman–Crippen MR) is 68.4 cm³/mol. The minimum Gasteiger partial charge on any atom is -0.380 e. The molecule has 5 nitrogen and oxygen atoms in total. The Kier molecular flexibility index (Phi) is 4.08. The molecule has 18 heavy (non-hydrogen) atoms. The fourth-order valence-electron chi connectivity index (χ4n) is 1.95. The van der Waals surface area contributed by atoms with Crippen molar-refractivity contribution in [2.75, 3.05) is 13.2 Å². The van der Waals surface area contributed by atoms with Crippen LogP contribution in [0.2, 0.25) is 0 Å². The van der Waals surface area contributed by atoms with Crippen LogP contribution in [0.15, 0.2) is 22.7 Å². The molecule has 1 unspecified atom stereocenters. The van der Waals surface area contributed by atoms with Gasteiger partial charge in [-0.2, -0.15) is 0 Å². The molecule has 0 aliphatic carbocycles. The van der Waals surface area contributed by atoms with Gasteiger partial charge in [0.1, 0.15) is 5.78 Å². The fourth-order valence-corrected chi connectivity index (χ4v) is 2.48. The van der Waals surface area contributed by atoms with Gasteiger partial charge in [-0.05, 0) is 12.0 Å². The number of nitrogens with zero attached hydrogens (tertiary/aromatic N) is 1. The zero-order chi connectivity index (χ0) is 13.1. The lowest BCUT2D eigenvalue weighted by Crippen LogP contribution is -2.29. The largest absolute Gasteiger partial charge is 0.380 e. The number of benzene rings is 1. The van der Waals surface area contributed by atoms with Gasteiger partial charge in [0, 0.05) is 28.9 Å². The molecule has 0 spiro atoms. The highest BCUT2D eigenvalue weighted by Gasteiger charge is 2.24. The summed E-state index contributed by atoms with van der Waals surface area (Å²) in [6, 6.07) is 4.60.